The third-order valence-electron chi connectivity index (χ3n) is 5.27. The number of nitrogens with one attached hydrogen (secondary N) is 1. The molecule has 2 heterocycles. The first kappa shape index (κ1) is 17.4. The van der Waals surface area contributed by atoms with E-state index < -0.39 is 0 Å². The van der Waals surface area contributed by atoms with Crippen molar-refractivity contribution in [3.05, 3.63) is 35.6 Å². The minimum absolute atomic E-state index is 0.0108. The predicted octanol–water partition coefficient (Wildman–Crippen LogP) is 2.25. The molecule has 1 N–H and O–H groups in total. The normalized spacial score (nSPS) is 25.2. The molecule has 2 fully saturated rings. The molecule has 2 atom stereocenters. The second-order valence-electron chi connectivity index (χ2n) is 7.11. The lowest BCUT2D eigenvalue weighted by atomic mass is 9.97. The maximum Gasteiger partial charge on any atom is 0.239 e. The van der Waals surface area contributed by atoms with Crippen LogP contribution in [0.15, 0.2) is 24.3 Å². The first-order valence-corrected chi connectivity index (χ1v) is 9.09. The van der Waals surface area contributed by atoms with Crippen LogP contribution in [0.4, 0.5) is 4.39 Å². The van der Waals surface area contributed by atoms with E-state index >= 15 is 0 Å². The van der Waals surface area contributed by atoms with E-state index in [1.807, 2.05) is 19.2 Å². The highest BCUT2D eigenvalue weighted by Gasteiger charge is 2.35. The Morgan fingerprint density at radius 1 is 1.21 bits per heavy atom. The average molecular weight is 333 g/mol. The third kappa shape index (κ3) is 4.14. The highest BCUT2D eigenvalue weighted by atomic mass is 19.1. The van der Waals surface area contributed by atoms with E-state index in [0.717, 1.165) is 57.5 Å². The van der Waals surface area contributed by atoms with E-state index in [4.69, 9.17) is 0 Å². The van der Waals surface area contributed by atoms with Gasteiger partial charge in [0.2, 0.25) is 5.91 Å². The zero-order valence-corrected chi connectivity index (χ0v) is 14.5. The number of nitrogens with zero attached hydrogens (tertiary/aromatic N) is 2. The molecule has 4 nitrogen and oxygen atoms in total. The number of amides is 1. The average Bonchev–Trinajstić information content (AvgIpc) is 3.05. The summed E-state index contributed by atoms with van der Waals surface area (Å²) in [5.74, 6) is 0.645. The summed E-state index contributed by atoms with van der Waals surface area (Å²) in [6.07, 6.45) is 4.30. The molecule has 0 aliphatic carbocycles. The van der Waals surface area contributed by atoms with Crippen LogP contribution in [0.1, 0.15) is 31.2 Å². The van der Waals surface area contributed by atoms with Gasteiger partial charge in [0, 0.05) is 19.6 Å². The molecule has 0 bridgehead atoms. The number of rotatable bonds is 5. The van der Waals surface area contributed by atoms with Gasteiger partial charge in [0.1, 0.15) is 5.82 Å². The smallest absolute Gasteiger partial charge is 0.239 e. The Morgan fingerprint density at radius 2 is 1.96 bits per heavy atom. The molecule has 132 valence electrons. The SMILES string of the molecule is CNC[C@@H]1CCCN(C(=O)[C@@H]2CCCN2Cc2ccc(F)cc2)C1. The number of hydrogen-bond acceptors (Lipinski definition) is 3. The molecular formula is C19H28FN3O. The van der Waals surface area contributed by atoms with Crippen LogP contribution in [0.25, 0.3) is 0 Å². The number of carbonyl (C=O) groups excluding carboxylic acids is 1. The van der Waals surface area contributed by atoms with E-state index in [1.54, 1.807) is 0 Å². The number of likely N-dealkylation sites (tertiary alicyclic amines) is 2. The Bertz CT molecular complexity index is 546. The first-order valence-electron chi connectivity index (χ1n) is 9.09. The van der Waals surface area contributed by atoms with Gasteiger partial charge in [0.05, 0.1) is 6.04 Å². The maximum absolute atomic E-state index is 13.1. The van der Waals surface area contributed by atoms with Crippen LogP contribution >= 0.6 is 0 Å². The molecule has 0 radical (unpaired) electrons. The lowest BCUT2D eigenvalue weighted by Gasteiger charge is -2.36. The Hall–Kier alpha value is -1.46. The van der Waals surface area contributed by atoms with Gasteiger partial charge in [-0.3, -0.25) is 9.69 Å². The van der Waals surface area contributed by atoms with Crippen molar-refractivity contribution in [2.24, 2.45) is 5.92 Å². The summed E-state index contributed by atoms with van der Waals surface area (Å²) in [5.41, 5.74) is 1.07. The van der Waals surface area contributed by atoms with Crippen LogP contribution in [0.2, 0.25) is 0 Å². The Balaban J connectivity index is 1.61. The minimum Gasteiger partial charge on any atom is -0.341 e. The summed E-state index contributed by atoms with van der Waals surface area (Å²) < 4.78 is 13.1. The molecule has 0 saturated carbocycles. The molecule has 1 aromatic rings. The number of halogens is 1. The molecular weight excluding hydrogens is 305 g/mol. The predicted molar refractivity (Wildman–Crippen MR) is 93.1 cm³/mol. The van der Waals surface area contributed by atoms with Crippen molar-refractivity contribution in [2.75, 3.05) is 33.2 Å². The molecule has 1 aromatic carbocycles. The quantitative estimate of drug-likeness (QED) is 0.898. The van der Waals surface area contributed by atoms with Crippen molar-refractivity contribution in [3.63, 3.8) is 0 Å². The van der Waals surface area contributed by atoms with Crippen molar-refractivity contribution < 1.29 is 9.18 Å². The largest absolute Gasteiger partial charge is 0.341 e. The molecule has 2 aliphatic rings. The van der Waals surface area contributed by atoms with Crippen LogP contribution in [0.3, 0.4) is 0 Å². The summed E-state index contributed by atoms with van der Waals surface area (Å²) >= 11 is 0. The molecule has 24 heavy (non-hydrogen) atoms. The van der Waals surface area contributed by atoms with Gasteiger partial charge < -0.3 is 10.2 Å². The Kier molecular flexibility index (Phi) is 5.85. The van der Waals surface area contributed by atoms with Crippen molar-refractivity contribution in [1.82, 2.24) is 15.1 Å². The number of benzene rings is 1. The van der Waals surface area contributed by atoms with E-state index in [9.17, 15) is 9.18 Å². The lowest BCUT2D eigenvalue weighted by Crippen LogP contribution is -2.50. The topological polar surface area (TPSA) is 35.6 Å². The summed E-state index contributed by atoms with van der Waals surface area (Å²) in [4.78, 5) is 17.3. The monoisotopic (exact) mass is 333 g/mol. The zero-order chi connectivity index (χ0) is 16.9. The molecule has 3 rings (SSSR count). The van der Waals surface area contributed by atoms with Crippen molar-refractivity contribution >= 4 is 5.91 Å². The number of carbonyl (C=O) groups is 1. The van der Waals surface area contributed by atoms with Gasteiger partial charge in [0.15, 0.2) is 0 Å². The van der Waals surface area contributed by atoms with E-state index in [-0.39, 0.29) is 17.8 Å². The summed E-state index contributed by atoms with van der Waals surface area (Å²) in [6.45, 7) is 4.42. The van der Waals surface area contributed by atoms with E-state index in [2.05, 4.69) is 15.1 Å². The molecule has 0 spiro atoms. The van der Waals surface area contributed by atoms with Crippen LogP contribution in [0.5, 0.6) is 0 Å². The van der Waals surface area contributed by atoms with E-state index in [1.165, 1.54) is 18.6 Å². The second-order valence-corrected chi connectivity index (χ2v) is 7.11. The van der Waals surface area contributed by atoms with Crippen molar-refractivity contribution in [3.8, 4) is 0 Å². The van der Waals surface area contributed by atoms with Crippen LogP contribution in [-0.4, -0.2) is 55.0 Å². The van der Waals surface area contributed by atoms with Gasteiger partial charge in [-0.1, -0.05) is 12.1 Å². The Morgan fingerprint density at radius 3 is 2.71 bits per heavy atom. The van der Waals surface area contributed by atoms with Crippen molar-refractivity contribution in [2.45, 2.75) is 38.3 Å². The third-order valence-corrected chi connectivity index (χ3v) is 5.27. The highest BCUT2D eigenvalue weighted by Crippen LogP contribution is 2.24. The zero-order valence-electron chi connectivity index (χ0n) is 14.5. The van der Waals surface area contributed by atoms with Gasteiger partial charge in [-0.25, -0.2) is 4.39 Å². The van der Waals surface area contributed by atoms with Gasteiger partial charge in [0.25, 0.3) is 0 Å². The van der Waals surface area contributed by atoms with E-state index in [0.29, 0.717) is 5.92 Å². The van der Waals surface area contributed by atoms with Gasteiger partial charge in [-0.15, -0.1) is 0 Å². The molecule has 2 saturated heterocycles. The number of hydrogen-bond donors (Lipinski definition) is 1. The summed E-state index contributed by atoms with van der Waals surface area (Å²) in [6, 6.07) is 6.62. The first-order chi connectivity index (χ1) is 11.7. The van der Waals surface area contributed by atoms with Gasteiger partial charge in [-0.05, 0) is 69.4 Å². The van der Waals surface area contributed by atoms with Crippen LogP contribution in [0, 0.1) is 11.7 Å². The maximum atomic E-state index is 13.1. The summed E-state index contributed by atoms with van der Waals surface area (Å²) in [7, 11) is 1.97. The van der Waals surface area contributed by atoms with Crippen molar-refractivity contribution in [1.29, 1.82) is 0 Å². The molecule has 5 heteroatoms. The molecule has 2 aliphatic heterocycles. The fourth-order valence-electron chi connectivity index (χ4n) is 4.05. The minimum atomic E-state index is -0.211. The fraction of sp³-hybridized carbons (Fsp3) is 0.632. The lowest BCUT2D eigenvalue weighted by molar-refractivity contribution is -0.138. The fourth-order valence-corrected chi connectivity index (χ4v) is 4.05. The molecule has 1 amide bonds. The van der Waals surface area contributed by atoms with Crippen LogP contribution < -0.4 is 5.32 Å². The van der Waals surface area contributed by atoms with Gasteiger partial charge in [-0.2, -0.15) is 0 Å². The Labute approximate surface area is 144 Å². The second kappa shape index (κ2) is 8.08. The molecule has 0 aromatic heterocycles. The highest BCUT2D eigenvalue weighted by molar-refractivity contribution is 5.82. The van der Waals surface area contributed by atoms with Crippen LogP contribution in [-0.2, 0) is 11.3 Å². The number of piperidine rings is 1. The summed E-state index contributed by atoms with van der Waals surface area (Å²) in [5, 5.41) is 3.23. The molecule has 0 unspecified atom stereocenters. The van der Waals surface area contributed by atoms with Gasteiger partial charge >= 0.3 is 0 Å². The standard InChI is InChI=1S/C19H28FN3O/c1-21-12-16-4-2-11-23(14-16)19(24)18-5-3-10-22(18)13-15-6-8-17(20)9-7-15/h6-9,16,18,21H,2-5,10-14H2,1H3/t16-,18-/m0/s1.